The predicted octanol–water partition coefficient (Wildman–Crippen LogP) is 3.44. The van der Waals surface area contributed by atoms with Crippen LogP contribution in [0.5, 0.6) is 11.5 Å². The van der Waals surface area contributed by atoms with Crippen LogP contribution in [0.3, 0.4) is 0 Å². The van der Waals surface area contributed by atoms with Gasteiger partial charge in [0, 0.05) is 18.3 Å². The van der Waals surface area contributed by atoms with E-state index < -0.39 is 29.7 Å². The molecular weight excluding hydrogens is 384 g/mol. The monoisotopic (exact) mass is 400 g/mol. The van der Waals surface area contributed by atoms with E-state index in [1.54, 1.807) is 0 Å². The minimum absolute atomic E-state index is 0.0186. The van der Waals surface area contributed by atoms with E-state index in [-0.39, 0.29) is 23.5 Å². The maximum absolute atomic E-state index is 13.7. The van der Waals surface area contributed by atoms with Crippen molar-refractivity contribution in [2.24, 2.45) is 0 Å². The average molecular weight is 400 g/mol. The summed E-state index contributed by atoms with van der Waals surface area (Å²) in [6.45, 7) is -0.354. The van der Waals surface area contributed by atoms with Gasteiger partial charge in [-0.15, -0.1) is 13.2 Å². The molecule has 150 valence electrons. The third-order valence-electron chi connectivity index (χ3n) is 3.50. The molecule has 0 aliphatic rings. The molecule has 0 bridgehead atoms. The largest absolute Gasteiger partial charge is 0.573 e. The number of nitrogens with one attached hydrogen (secondary N) is 1. The third kappa shape index (κ3) is 5.86. The molecule has 10 heteroatoms. The number of likely N-dealkylation sites (N-methyl/N-ethyl adjacent to an activating group) is 1. The summed E-state index contributed by atoms with van der Waals surface area (Å²) in [5, 5.41) is 2.44. The van der Waals surface area contributed by atoms with E-state index in [1.165, 1.54) is 38.4 Å². The zero-order valence-electron chi connectivity index (χ0n) is 14.8. The van der Waals surface area contributed by atoms with Crippen LogP contribution in [0.1, 0.15) is 10.4 Å². The second kappa shape index (κ2) is 8.59. The summed E-state index contributed by atoms with van der Waals surface area (Å²) in [5.74, 6) is -2.35. The molecule has 2 aromatic carbocycles. The van der Waals surface area contributed by atoms with Gasteiger partial charge >= 0.3 is 6.36 Å². The fourth-order valence-electron chi connectivity index (χ4n) is 2.25. The van der Waals surface area contributed by atoms with Crippen LogP contribution >= 0.6 is 0 Å². The van der Waals surface area contributed by atoms with Crippen molar-refractivity contribution in [1.29, 1.82) is 0 Å². The molecule has 2 rings (SSSR count). The van der Waals surface area contributed by atoms with Gasteiger partial charge in [0.1, 0.15) is 5.75 Å². The number of nitrogens with zero attached hydrogens (tertiary/aromatic N) is 1. The van der Waals surface area contributed by atoms with E-state index in [0.29, 0.717) is 0 Å². The first kappa shape index (κ1) is 21.0. The number of carbonyl (C=O) groups excluding carboxylic acids is 2. The molecule has 0 saturated heterocycles. The summed E-state index contributed by atoms with van der Waals surface area (Å²) in [4.78, 5) is 25.4. The first-order valence-electron chi connectivity index (χ1n) is 7.83. The van der Waals surface area contributed by atoms with E-state index in [2.05, 4.69) is 10.1 Å². The van der Waals surface area contributed by atoms with Crippen molar-refractivity contribution in [1.82, 2.24) is 4.90 Å². The van der Waals surface area contributed by atoms with Gasteiger partial charge in [-0.25, -0.2) is 4.39 Å². The summed E-state index contributed by atoms with van der Waals surface area (Å²) in [6.07, 6.45) is -4.81. The zero-order valence-corrected chi connectivity index (χ0v) is 14.8. The summed E-state index contributed by atoms with van der Waals surface area (Å²) >= 11 is 0. The maximum atomic E-state index is 13.7. The Hall–Kier alpha value is -3.30. The molecule has 28 heavy (non-hydrogen) atoms. The highest BCUT2D eigenvalue weighted by atomic mass is 19.4. The van der Waals surface area contributed by atoms with E-state index >= 15 is 0 Å². The van der Waals surface area contributed by atoms with Crippen LogP contribution in [0.4, 0.5) is 23.2 Å². The molecule has 1 N–H and O–H groups in total. The number of alkyl halides is 3. The molecule has 0 aliphatic carbocycles. The number of amides is 2. The lowest BCUT2D eigenvalue weighted by atomic mass is 10.2. The Morgan fingerprint density at radius 3 is 2.29 bits per heavy atom. The lowest BCUT2D eigenvalue weighted by Crippen LogP contribution is -2.35. The molecule has 0 atom stereocenters. The van der Waals surface area contributed by atoms with E-state index in [0.717, 1.165) is 23.1 Å². The molecule has 2 aromatic rings. The van der Waals surface area contributed by atoms with Crippen molar-refractivity contribution in [3.8, 4) is 11.5 Å². The highest BCUT2D eigenvalue weighted by Crippen LogP contribution is 2.24. The van der Waals surface area contributed by atoms with Crippen LogP contribution in [-0.2, 0) is 4.79 Å². The summed E-state index contributed by atoms with van der Waals surface area (Å²) in [7, 11) is 2.64. The van der Waals surface area contributed by atoms with Crippen LogP contribution in [0.25, 0.3) is 0 Å². The normalized spacial score (nSPS) is 10.9. The standard InChI is InChI=1S/C18H16F4N2O4/c1-24(17(26)11-3-8-15(27-2)14(19)9-11)10-16(25)23-12-4-6-13(7-5-12)28-18(20,21)22/h3-9H,10H2,1-2H3,(H,23,25). The van der Waals surface area contributed by atoms with Crippen LogP contribution in [0.2, 0.25) is 0 Å². The van der Waals surface area contributed by atoms with Crippen molar-refractivity contribution in [2.75, 3.05) is 26.0 Å². The molecule has 6 nitrogen and oxygen atoms in total. The first-order valence-corrected chi connectivity index (χ1v) is 7.83. The fraction of sp³-hybridized carbons (Fsp3) is 0.222. The van der Waals surface area contributed by atoms with Crippen molar-refractivity contribution in [3.05, 3.63) is 53.8 Å². The summed E-state index contributed by atoms with van der Waals surface area (Å²) < 4.78 is 58.6. The fourth-order valence-corrected chi connectivity index (χ4v) is 2.25. The minimum Gasteiger partial charge on any atom is -0.494 e. The van der Waals surface area contributed by atoms with Gasteiger partial charge in [0.25, 0.3) is 5.91 Å². The van der Waals surface area contributed by atoms with E-state index in [9.17, 15) is 27.2 Å². The second-order valence-electron chi connectivity index (χ2n) is 5.63. The van der Waals surface area contributed by atoms with Gasteiger partial charge in [0.15, 0.2) is 11.6 Å². The van der Waals surface area contributed by atoms with E-state index in [1.807, 2.05) is 0 Å². The van der Waals surface area contributed by atoms with Crippen LogP contribution in [0.15, 0.2) is 42.5 Å². The Labute approximate surface area is 157 Å². The lowest BCUT2D eigenvalue weighted by Gasteiger charge is -2.17. The molecule has 0 radical (unpaired) electrons. The smallest absolute Gasteiger partial charge is 0.494 e. The quantitative estimate of drug-likeness (QED) is 0.755. The van der Waals surface area contributed by atoms with Gasteiger partial charge in [0.05, 0.1) is 13.7 Å². The van der Waals surface area contributed by atoms with Crippen molar-refractivity contribution >= 4 is 17.5 Å². The number of hydrogen-bond acceptors (Lipinski definition) is 4. The number of rotatable bonds is 6. The molecular formula is C18H16F4N2O4. The van der Waals surface area contributed by atoms with Gasteiger partial charge in [-0.2, -0.15) is 0 Å². The first-order chi connectivity index (χ1) is 13.1. The Balaban J connectivity index is 1.94. The van der Waals surface area contributed by atoms with Gasteiger partial charge in [-0.05, 0) is 42.5 Å². The van der Waals surface area contributed by atoms with Crippen LogP contribution < -0.4 is 14.8 Å². The van der Waals surface area contributed by atoms with Gasteiger partial charge in [-0.1, -0.05) is 0 Å². The number of anilines is 1. The summed E-state index contributed by atoms with van der Waals surface area (Å²) in [6, 6.07) is 8.17. The van der Waals surface area contributed by atoms with Crippen LogP contribution in [0, 0.1) is 5.82 Å². The Morgan fingerprint density at radius 1 is 1.11 bits per heavy atom. The van der Waals surface area contributed by atoms with Crippen molar-refractivity contribution < 1.29 is 36.6 Å². The van der Waals surface area contributed by atoms with Gasteiger partial charge in [0.2, 0.25) is 5.91 Å². The highest BCUT2D eigenvalue weighted by molar-refractivity contribution is 5.99. The maximum Gasteiger partial charge on any atom is 0.573 e. The molecule has 0 heterocycles. The number of carbonyl (C=O) groups is 2. The number of methoxy groups -OCH3 is 1. The van der Waals surface area contributed by atoms with Gasteiger partial charge in [-0.3, -0.25) is 9.59 Å². The average Bonchev–Trinajstić information content (AvgIpc) is 2.61. The van der Waals surface area contributed by atoms with Crippen molar-refractivity contribution in [2.45, 2.75) is 6.36 Å². The summed E-state index contributed by atoms with van der Waals surface area (Å²) in [5.41, 5.74) is 0.248. The predicted molar refractivity (Wildman–Crippen MR) is 91.7 cm³/mol. The number of hydrogen-bond donors (Lipinski definition) is 1. The van der Waals surface area contributed by atoms with E-state index in [4.69, 9.17) is 4.74 Å². The molecule has 2 amide bonds. The van der Waals surface area contributed by atoms with Gasteiger partial charge < -0.3 is 19.7 Å². The third-order valence-corrected chi connectivity index (χ3v) is 3.50. The molecule has 0 saturated carbocycles. The SMILES string of the molecule is COc1ccc(C(=O)N(C)CC(=O)Nc2ccc(OC(F)(F)F)cc2)cc1F. The lowest BCUT2D eigenvalue weighted by molar-refractivity contribution is -0.274. The molecule has 0 fully saturated rings. The number of benzene rings is 2. The molecule has 0 unspecified atom stereocenters. The second-order valence-corrected chi connectivity index (χ2v) is 5.63. The number of ether oxygens (including phenoxy) is 2. The molecule has 0 spiro atoms. The zero-order chi connectivity index (χ0) is 20.9. The minimum atomic E-state index is -4.81. The van der Waals surface area contributed by atoms with Crippen molar-refractivity contribution in [3.63, 3.8) is 0 Å². The Kier molecular flexibility index (Phi) is 6.45. The number of halogens is 4. The highest BCUT2D eigenvalue weighted by Gasteiger charge is 2.31. The molecule has 0 aromatic heterocycles. The topological polar surface area (TPSA) is 67.9 Å². The molecule has 0 aliphatic heterocycles. The van der Waals surface area contributed by atoms with Crippen LogP contribution in [-0.4, -0.2) is 43.8 Å². The Morgan fingerprint density at radius 2 is 1.75 bits per heavy atom. The Bertz CT molecular complexity index is 854.